The summed E-state index contributed by atoms with van der Waals surface area (Å²) in [6, 6.07) is 11.8. The molecule has 3 heterocycles. The Bertz CT molecular complexity index is 1230. The number of H-pyrrole nitrogens is 1. The maximum Gasteiger partial charge on any atom is 0.295 e. The molecule has 0 aliphatic carbocycles. The van der Waals surface area contributed by atoms with Crippen molar-refractivity contribution in [3.63, 3.8) is 0 Å². The summed E-state index contributed by atoms with van der Waals surface area (Å²) >= 11 is 3.35. The summed E-state index contributed by atoms with van der Waals surface area (Å²) in [7, 11) is 1.49. The van der Waals surface area contributed by atoms with Crippen LogP contribution >= 0.6 is 15.9 Å². The van der Waals surface area contributed by atoms with E-state index < -0.39 is 11.7 Å². The summed E-state index contributed by atoms with van der Waals surface area (Å²) in [4.78, 5) is 34.7. The summed E-state index contributed by atoms with van der Waals surface area (Å²) in [6.45, 7) is 0.783. The van der Waals surface area contributed by atoms with Crippen LogP contribution in [0.15, 0.2) is 52.9 Å². The molecular formula is C23H19BrN4O3. The van der Waals surface area contributed by atoms with Gasteiger partial charge in [0.2, 0.25) is 0 Å². The molecule has 156 valence electrons. The van der Waals surface area contributed by atoms with Gasteiger partial charge in [0.05, 0.1) is 41.4 Å². The van der Waals surface area contributed by atoms with Gasteiger partial charge < -0.3 is 14.6 Å². The lowest BCUT2D eigenvalue weighted by Crippen LogP contribution is -2.40. The summed E-state index contributed by atoms with van der Waals surface area (Å²) in [5.74, 6) is -0.743. The molecule has 0 spiro atoms. The summed E-state index contributed by atoms with van der Waals surface area (Å²) in [6.07, 6.45) is 4.14. The van der Waals surface area contributed by atoms with Gasteiger partial charge in [-0.3, -0.25) is 9.59 Å². The minimum atomic E-state index is -0.598. The van der Waals surface area contributed by atoms with Crippen LogP contribution in [-0.2, 0) is 4.79 Å². The number of nitrogens with one attached hydrogen (secondary N) is 1. The van der Waals surface area contributed by atoms with Crippen molar-refractivity contribution in [2.24, 2.45) is 0 Å². The number of hydrogen-bond acceptors (Lipinski definition) is 5. The lowest BCUT2D eigenvalue weighted by molar-refractivity contribution is -0.126. The molecule has 0 bridgehead atoms. The Labute approximate surface area is 187 Å². The van der Waals surface area contributed by atoms with Crippen LogP contribution < -0.4 is 4.74 Å². The van der Waals surface area contributed by atoms with Gasteiger partial charge in [-0.05, 0) is 39.9 Å². The molecule has 1 aliphatic rings. The zero-order valence-corrected chi connectivity index (χ0v) is 18.4. The van der Waals surface area contributed by atoms with Crippen LogP contribution in [0.25, 0.3) is 16.5 Å². The first-order valence-corrected chi connectivity index (χ1v) is 10.5. The van der Waals surface area contributed by atoms with Gasteiger partial charge in [0, 0.05) is 19.3 Å². The quantitative estimate of drug-likeness (QED) is 0.263. The number of carbonyl (C=O) groups excluding carboxylic acids is 2. The van der Waals surface area contributed by atoms with E-state index >= 15 is 0 Å². The van der Waals surface area contributed by atoms with Crippen molar-refractivity contribution in [3.05, 3.63) is 64.0 Å². The van der Waals surface area contributed by atoms with Gasteiger partial charge in [0.15, 0.2) is 0 Å². The van der Waals surface area contributed by atoms with E-state index in [1.54, 1.807) is 4.90 Å². The summed E-state index contributed by atoms with van der Waals surface area (Å²) in [5.41, 5.74) is 3.39. The number of allylic oxidation sites excluding steroid dienone is 1. The predicted octanol–water partition coefficient (Wildman–Crippen LogP) is 4.12. The maximum absolute atomic E-state index is 13.0. The molecule has 7 nitrogen and oxygen atoms in total. The maximum atomic E-state index is 13.0. The van der Waals surface area contributed by atoms with Crippen LogP contribution in [0.3, 0.4) is 0 Å². The highest BCUT2D eigenvalue weighted by Gasteiger charge is 2.29. The zero-order valence-electron chi connectivity index (χ0n) is 16.8. The lowest BCUT2D eigenvalue weighted by atomic mass is 9.93. The number of hydrogen-bond donors (Lipinski definition) is 1. The van der Waals surface area contributed by atoms with Gasteiger partial charge in [-0.25, -0.2) is 4.98 Å². The first kappa shape index (κ1) is 20.8. The molecule has 2 aromatic heterocycles. The number of amides is 1. The van der Waals surface area contributed by atoms with E-state index in [0.29, 0.717) is 52.8 Å². The second kappa shape index (κ2) is 8.74. The molecule has 8 heteroatoms. The number of halogens is 1. The number of ketones is 1. The molecule has 0 unspecified atom stereocenters. The highest BCUT2D eigenvalue weighted by Crippen LogP contribution is 2.33. The Morgan fingerprint density at radius 2 is 1.94 bits per heavy atom. The molecule has 31 heavy (non-hydrogen) atoms. The Hall–Kier alpha value is -3.44. The number of likely N-dealkylation sites (tertiary alicyclic amines) is 1. The largest absolute Gasteiger partial charge is 0.494 e. The number of Topliss-reactive ketones (excluding diaryl/α,β-unsaturated/α-hetero) is 1. The number of methoxy groups -OCH3 is 1. The van der Waals surface area contributed by atoms with Crippen molar-refractivity contribution >= 4 is 44.1 Å². The van der Waals surface area contributed by atoms with Crippen LogP contribution in [-0.4, -0.2) is 46.8 Å². The first-order valence-electron chi connectivity index (χ1n) is 9.75. The summed E-state index contributed by atoms with van der Waals surface area (Å²) < 4.78 is 5.87. The zero-order chi connectivity index (χ0) is 22.0. The normalized spacial score (nSPS) is 13.7. The number of benzene rings is 1. The average molecular weight is 479 g/mol. The molecule has 1 aromatic carbocycles. The second-order valence-electron chi connectivity index (χ2n) is 7.15. The lowest BCUT2D eigenvalue weighted by Gasteiger charge is -2.28. The molecule has 1 amide bonds. The van der Waals surface area contributed by atoms with Crippen molar-refractivity contribution < 1.29 is 14.3 Å². The monoisotopic (exact) mass is 478 g/mol. The molecule has 1 saturated heterocycles. The van der Waals surface area contributed by atoms with Crippen LogP contribution in [0.5, 0.6) is 5.75 Å². The van der Waals surface area contributed by atoms with E-state index in [0.717, 1.165) is 11.1 Å². The van der Waals surface area contributed by atoms with E-state index in [-0.39, 0.29) is 5.56 Å². The van der Waals surface area contributed by atoms with Gasteiger partial charge in [0.25, 0.3) is 11.7 Å². The average Bonchev–Trinajstić information content (AvgIpc) is 3.26. The van der Waals surface area contributed by atoms with E-state index in [4.69, 9.17) is 4.74 Å². The molecule has 1 N–H and O–H groups in total. The number of nitriles is 1. The van der Waals surface area contributed by atoms with Crippen molar-refractivity contribution in [2.75, 3.05) is 20.2 Å². The van der Waals surface area contributed by atoms with Crippen LogP contribution in [0.4, 0.5) is 0 Å². The first-order chi connectivity index (χ1) is 15.0. The van der Waals surface area contributed by atoms with Gasteiger partial charge >= 0.3 is 0 Å². The van der Waals surface area contributed by atoms with Crippen LogP contribution in [0.2, 0.25) is 0 Å². The third-order valence-corrected chi connectivity index (χ3v) is 6.07. The Morgan fingerprint density at radius 1 is 1.23 bits per heavy atom. The van der Waals surface area contributed by atoms with Crippen molar-refractivity contribution in [1.82, 2.24) is 14.9 Å². The van der Waals surface area contributed by atoms with E-state index in [1.165, 1.54) is 19.5 Å². The highest BCUT2D eigenvalue weighted by atomic mass is 79.9. The smallest absolute Gasteiger partial charge is 0.295 e. The fraction of sp³-hybridized carbons (Fsp3) is 0.217. The van der Waals surface area contributed by atoms with E-state index in [2.05, 4.69) is 32.0 Å². The molecule has 1 fully saturated rings. The molecule has 1 aliphatic heterocycles. The Morgan fingerprint density at radius 3 is 2.58 bits per heavy atom. The van der Waals surface area contributed by atoms with E-state index in [9.17, 15) is 14.9 Å². The van der Waals surface area contributed by atoms with Crippen molar-refractivity contribution in [3.8, 4) is 11.8 Å². The van der Waals surface area contributed by atoms with Crippen LogP contribution in [0.1, 0.15) is 28.8 Å². The van der Waals surface area contributed by atoms with Crippen molar-refractivity contribution in [1.29, 1.82) is 5.26 Å². The number of pyridine rings is 1. The van der Waals surface area contributed by atoms with Crippen molar-refractivity contribution in [2.45, 2.75) is 12.8 Å². The number of rotatable bonds is 4. The number of carbonyl (C=O) groups is 2. The molecule has 0 saturated carbocycles. The van der Waals surface area contributed by atoms with Gasteiger partial charge in [0.1, 0.15) is 10.4 Å². The number of aromatic nitrogens is 2. The fourth-order valence-corrected chi connectivity index (χ4v) is 4.28. The molecular weight excluding hydrogens is 460 g/mol. The number of nitrogens with zero attached hydrogens (tertiary/aromatic N) is 3. The number of piperidine rings is 1. The van der Waals surface area contributed by atoms with E-state index in [1.807, 2.05) is 30.3 Å². The minimum Gasteiger partial charge on any atom is -0.494 e. The predicted molar refractivity (Wildman–Crippen MR) is 119 cm³/mol. The van der Waals surface area contributed by atoms with Gasteiger partial charge in [-0.2, -0.15) is 5.26 Å². The molecule has 4 rings (SSSR count). The Kier molecular flexibility index (Phi) is 5.87. The third-order valence-electron chi connectivity index (χ3n) is 5.47. The highest BCUT2D eigenvalue weighted by molar-refractivity contribution is 9.10. The topological polar surface area (TPSA) is 99.1 Å². The third kappa shape index (κ3) is 3.84. The number of fused-ring (bicyclic) bond motifs is 1. The molecule has 0 radical (unpaired) electrons. The molecule has 0 atom stereocenters. The second-order valence-corrected chi connectivity index (χ2v) is 7.90. The van der Waals surface area contributed by atoms with Gasteiger partial charge in [-0.1, -0.05) is 30.3 Å². The summed E-state index contributed by atoms with van der Waals surface area (Å²) in [5, 5.41) is 10.1. The number of ether oxygens (including phenoxy) is 1. The standard InChI is InChI=1S/C23H19BrN4O3/c1-31-18-13-27-22(24)20-19(18)17(12-26-20)21(29)23(30)28-9-7-15(8-10-28)16(11-25)14-5-3-2-4-6-14/h2-6,12-13,26H,7-10H2,1H3. The SMILES string of the molecule is COc1cnc(Br)c2[nH]cc(C(=O)C(=O)N3CCC(=C(C#N)c4ccccc4)CC3)c12. The minimum absolute atomic E-state index is 0.253. The fourth-order valence-electron chi connectivity index (χ4n) is 3.86. The van der Waals surface area contributed by atoms with Gasteiger partial charge in [-0.15, -0.1) is 0 Å². The molecule has 3 aromatic rings. The Balaban J connectivity index is 1.55. The number of aromatic amines is 1. The van der Waals surface area contributed by atoms with Crippen LogP contribution in [0, 0.1) is 11.3 Å².